The van der Waals surface area contributed by atoms with Crippen molar-refractivity contribution >= 4 is 23.5 Å². The van der Waals surface area contributed by atoms with Crippen molar-refractivity contribution in [1.82, 2.24) is 0 Å². The van der Waals surface area contributed by atoms with E-state index in [9.17, 15) is 29.7 Å². The van der Waals surface area contributed by atoms with Crippen LogP contribution in [0.2, 0.25) is 0 Å². The summed E-state index contributed by atoms with van der Waals surface area (Å²) in [6.45, 7) is 0. The molecule has 0 atom stereocenters. The zero-order valence-corrected chi connectivity index (χ0v) is 23.9. The fourth-order valence-corrected chi connectivity index (χ4v) is 4.22. The second-order valence-electron chi connectivity index (χ2n) is 8.89. The van der Waals surface area contributed by atoms with Gasteiger partial charge in [0.15, 0.2) is 0 Å². The molecule has 0 radical (unpaired) electrons. The minimum absolute atomic E-state index is 0. The van der Waals surface area contributed by atoms with Gasteiger partial charge in [-0.25, -0.2) is 12.0 Å². The van der Waals surface area contributed by atoms with Gasteiger partial charge in [-0.15, -0.1) is 12.0 Å². The third kappa shape index (κ3) is 10.6. The molecule has 0 unspecified atom stereocenters. The molecule has 6 nitrogen and oxygen atoms in total. The molecule has 0 bridgehead atoms. The predicted molar refractivity (Wildman–Crippen MR) is 148 cm³/mol. The topological polar surface area (TPSA) is 120 Å². The largest absolute Gasteiger partial charge is 4.00 e. The van der Waals surface area contributed by atoms with Crippen LogP contribution in [0.15, 0.2) is 121 Å². The van der Waals surface area contributed by atoms with Gasteiger partial charge in [-0.1, -0.05) is 134 Å². The number of allylic oxidation sites excluding steroid dienone is 2. The van der Waals surface area contributed by atoms with Crippen LogP contribution in [0.5, 0.6) is 0 Å². The number of hydrogen-bond acceptors (Lipinski definition) is 6. The fourth-order valence-electron chi connectivity index (χ4n) is 4.22. The molecule has 0 spiro atoms. The summed E-state index contributed by atoms with van der Waals surface area (Å²) in [5, 5.41) is 30.3. The molecule has 4 aromatic rings. The van der Waals surface area contributed by atoms with E-state index in [1.807, 2.05) is 0 Å². The van der Waals surface area contributed by atoms with E-state index >= 15 is 0 Å². The number of rotatable bonds is 3. The van der Waals surface area contributed by atoms with Crippen LogP contribution in [0.4, 0.5) is 0 Å². The van der Waals surface area contributed by atoms with Crippen LogP contribution in [0.1, 0.15) is 61.5 Å². The summed E-state index contributed by atoms with van der Waals surface area (Å²) < 4.78 is 0. The summed E-state index contributed by atoms with van der Waals surface area (Å²) in [7, 11) is 0. The zero-order chi connectivity index (χ0) is 28.7. The Hall–Kier alpha value is -4.39. The molecule has 7 heteroatoms. The number of carbonyl (C=O) groups is 3. The van der Waals surface area contributed by atoms with Crippen molar-refractivity contribution in [1.29, 1.82) is 0 Å². The van der Waals surface area contributed by atoms with Crippen LogP contribution in [-0.4, -0.2) is 17.9 Å². The molecular weight excluding hydrogens is 552 g/mol. The summed E-state index contributed by atoms with van der Waals surface area (Å²) in [6, 6.07) is 33.0. The number of carboxylic acids is 3. The smallest absolute Gasteiger partial charge is 0.545 e. The van der Waals surface area contributed by atoms with E-state index in [0.29, 0.717) is 0 Å². The number of hydrogen-bond donors (Lipinski definition) is 0. The molecule has 0 heterocycles. The first-order chi connectivity index (χ1) is 19.4. The molecule has 0 aliphatic heterocycles. The Balaban J connectivity index is 0.000000193. The first-order valence-electron chi connectivity index (χ1n) is 12.8. The van der Waals surface area contributed by atoms with E-state index < -0.39 is 17.9 Å². The van der Waals surface area contributed by atoms with E-state index in [2.05, 4.69) is 30.7 Å². The SMILES string of the molecule is O=C([O-])c1ccccc1.O=C([O-])c1ccccc1.O=C([O-])c1ccccc1.[Ti+4].c1ccc2c(c1)CC1=C2CCC[CH-]1. The molecule has 0 saturated heterocycles. The molecule has 0 aromatic heterocycles. The van der Waals surface area contributed by atoms with Crippen molar-refractivity contribution in [3.63, 3.8) is 0 Å². The van der Waals surface area contributed by atoms with Gasteiger partial charge in [0.05, 0.1) is 17.9 Å². The molecule has 0 fully saturated rings. The van der Waals surface area contributed by atoms with Gasteiger partial charge in [0.25, 0.3) is 0 Å². The van der Waals surface area contributed by atoms with E-state index in [1.54, 1.807) is 65.7 Å². The van der Waals surface area contributed by atoms with Crippen molar-refractivity contribution < 1.29 is 51.4 Å². The Morgan fingerprint density at radius 1 is 0.561 bits per heavy atom. The van der Waals surface area contributed by atoms with Gasteiger partial charge in [-0.2, -0.15) is 5.57 Å². The van der Waals surface area contributed by atoms with Crippen LogP contribution < -0.4 is 15.3 Å². The molecule has 6 rings (SSSR count). The van der Waals surface area contributed by atoms with Gasteiger partial charge >= 0.3 is 21.7 Å². The summed E-state index contributed by atoms with van der Waals surface area (Å²) in [5.41, 5.74) is 6.95. The van der Waals surface area contributed by atoms with Crippen LogP contribution in [0.25, 0.3) is 5.57 Å². The predicted octanol–water partition coefficient (Wildman–Crippen LogP) is 3.53. The van der Waals surface area contributed by atoms with Crippen LogP contribution in [0, 0.1) is 6.42 Å². The molecular formula is C34H28O6Ti. The number of carboxylic acid groups (broad SMARTS) is 3. The molecule has 204 valence electrons. The summed E-state index contributed by atoms with van der Waals surface area (Å²) >= 11 is 0. The van der Waals surface area contributed by atoms with E-state index in [-0.39, 0.29) is 38.4 Å². The van der Waals surface area contributed by atoms with Crippen molar-refractivity contribution in [2.24, 2.45) is 0 Å². The minimum Gasteiger partial charge on any atom is -0.545 e. The van der Waals surface area contributed by atoms with Gasteiger partial charge < -0.3 is 29.7 Å². The number of fused-ring (bicyclic) bond motifs is 2. The van der Waals surface area contributed by atoms with Crippen molar-refractivity contribution in [3.05, 3.63) is 155 Å². The first kappa shape index (κ1) is 32.8. The number of aromatic carboxylic acids is 3. The third-order valence-corrected chi connectivity index (χ3v) is 6.16. The second kappa shape index (κ2) is 17.3. The minimum atomic E-state index is -1.13. The van der Waals surface area contributed by atoms with Gasteiger partial charge in [0.2, 0.25) is 0 Å². The molecule has 0 saturated carbocycles. The van der Waals surface area contributed by atoms with E-state index in [1.165, 1.54) is 73.2 Å². The molecule has 0 amide bonds. The third-order valence-electron chi connectivity index (χ3n) is 6.16. The van der Waals surface area contributed by atoms with Gasteiger partial charge in [-0.05, 0) is 23.1 Å². The van der Waals surface area contributed by atoms with Gasteiger partial charge in [-0.3, -0.25) is 0 Å². The Labute approximate surface area is 254 Å². The molecule has 2 aliphatic rings. The Morgan fingerprint density at radius 3 is 1.34 bits per heavy atom. The molecule has 0 N–H and O–H groups in total. The summed E-state index contributed by atoms with van der Waals surface area (Å²) in [6.07, 6.45) is 7.53. The van der Waals surface area contributed by atoms with Crippen LogP contribution in [0.3, 0.4) is 0 Å². The maximum absolute atomic E-state index is 10.1. The Bertz CT molecular complexity index is 1320. The monoisotopic (exact) mass is 580 g/mol. The zero-order valence-electron chi connectivity index (χ0n) is 22.3. The average Bonchev–Trinajstić information content (AvgIpc) is 3.38. The molecule has 4 aromatic carbocycles. The summed E-state index contributed by atoms with van der Waals surface area (Å²) in [5.74, 6) is -3.39. The van der Waals surface area contributed by atoms with Crippen molar-refractivity contribution in [2.75, 3.05) is 0 Å². The first-order valence-corrected chi connectivity index (χ1v) is 12.8. The average molecular weight is 580 g/mol. The maximum Gasteiger partial charge on any atom is 4.00 e. The molecule has 2 aliphatic carbocycles. The Kier molecular flexibility index (Phi) is 13.9. The van der Waals surface area contributed by atoms with Gasteiger partial charge in [0, 0.05) is 0 Å². The Morgan fingerprint density at radius 2 is 0.951 bits per heavy atom. The number of benzene rings is 4. The van der Waals surface area contributed by atoms with Crippen molar-refractivity contribution in [3.8, 4) is 0 Å². The van der Waals surface area contributed by atoms with Crippen LogP contribution >= 0.6 is 0 Å². The fraction of sp³-hybridized carbons (Fsp3) is 0.118. The maximum atomic E-state index is 10.1. The quantitative estimate of drug-likeness (QED) is 0.270. The molecule has 41 heavy (non-hydrogen) atoms. The van der Waals surface area contributed by atoms with Crippen LogP contribution in [-0.2, 0) is 28.1 Å². The normalized spacial score (nSPS) is 12.0. The standard InChI is InChI=1S/C13H13.3C7H6O2.Ti/c1-3-7-12-10(5-1)9-11-6-2-4-8-13(11)12;3*8-7(9)6-4-2-1-3-5-6;/h1,3,5-7H,2,4,8-9H2;3*1-5H,(H,8,9);/q-1;;;;+4/p-3. The second-order valence-corrected chi connectivity index (χ2v) is 8.89. The number of carbonyl (C=O) groups excluding carboxylic acids is 3. The van der Waals surface area contributed by atoms with E-state index in [4.69, 9.17) is 0 Å². The van der Waals surface area contributed by atoms with E-state index in [0.717, 1.165) is 0 Å². The van der Waals surface area contributed by atoms with Crippen molar-refractivity contribution in [2.45, 2.75) is 25.7 Å². The van der Waals surface area contributed by atoms with Gasteiger partial charge in [0.1, 0.15) is 0 Å². The summed E-state index contributed by atoms with van der Waals surface area (Å²) in [4.78, 5) is 30.3.